The fourth-order valence-corrected chi connectivity index (χ4v) is 7.96. The number of amides is 2. The highest BCUT2D eigenvalue weighted by molar-refractivity contribution is 6.06. The van der Waals surface area contributed by atoms with Gasteiger partial charge in [0.05, 0.1) is 30.8 Å². The van der Waals surface area contributed by atoms with Gasteiger partial charge in [0.25, 0.3) is 5.91 Å². The molecule has 2 bridgehead atoms. The molecule has 3 aliphatic rings. The van der Waals surface area contributed by atoms with Crippen LogP contribution < -0.4 is 4.90 Å². The minimum absolute atomic E-state index is 0.141. The summed E-state index contributed by atoms with van der Waals surface area (Å²) in [5.41, 5.74) is -0.979. The zero-order valence-corrected chi connectivity index (χ0v) is 25.8. The highest BCUT2D eigenvalue weighted by atomic mass is 16.6. The van der Waals surface area contributed by atoms with E-state index in [9.17, 15) is 14.7 Å². The van der Waals surface area contributed by atoms with E-state index >= 15 is 4.79 Å². The minimum Gasteiger partial charge on any atom is -0.465 e. The molecule has 8 heteroatoms. The standard InChI is InChI=1S/C37H40N2O6/c1-5-7-20-44-35(43)31-30-33(41)39(29(23-40)26-14-9-8-10-15-26)32(37(30)22-24(3)36(31,4)45-37)34(42)38(19-6-2)28-18-17-25-13-11-12-16-27(25)21-28/h5-6,8-18,21,24,29-32,40H,1-2,7,19-20,22-23H2,3-4H3/t24?,29-,30+,31-,32?,36+,37?/m1/s1. The Morgan fingerprint density at radius 3 is 2.49 bits per heavy atom. The summed E-state index contributed by atoms with van der Waals surface area (Å²) in [6.07, 6.45) is 4.20. The van der Waals surface area contributed by atoms with Crippen LogP contribution >= 0.6 is 0 Å². The third-order valence-electron chi connectivity index (χ3n) is 10.1. The topological polar surface area (TPSA) is 96.4 Å². The van der Waals surface area contributed by atoms with Crippen LogP contribution in [-0.2, 0) is 23.9 Å². The van der Waals surface area contributed by atoms with E-state index in [1.165, 1.54) is 4.90 Å². The number of hydrogen-bond acceptors (Lipinski definition) is 6. The minimum atomic E-state index is -1.30. The van der Waals surface area contributed by atoms with E-state index in [1.54, 1.807) is 17.1 Å². The van der Waals surface area contributed by atoms with E-state index in [2.05, 4.69) is 13.2 Å². The lowest BCUT2D eigenvalue weighted by Crippen LogP contribution is -2.57. The van der Waals surface area contributed by atoms with Crippen molar-refractivity contribution < 1.29 is 29.0 Å². The molecule has 0 aliphatic carbocycles. The summed E-state index contributed by atoms with van der Waals surface area (Å²) in [7, 11) is 0. The van der Waals surface area contributed by atoms with E-state index < -0.39 is 53.6 Å². The summed E-state index contributed by atoms with van der Waals surface area (Å²) in [5, 5.41) is 12.8. The van der Waals surface area contributed by atoms with Gasteiger partial charge < -0.3 is 24.4 Å². The number of aliphatic hydroxyl groups is 1. The monoisotopic (exact) mass is 608 g/mol. The van der Waals surface area contributed by atoms with E-state index in [-0.39, 0.29) is 25.0 Å². The number of fused-ring (bicyclic) bond motifs is 2. The van der Waals surface area contributed by atoms with Gasteiger partial charge in [0.1, 0.15) is 17.6 Å². The first-order chi connectivity index (χ1) is 21.7. The van der Waals surface area contributed by atoms with Crippen molar-refractivity contribution in [3.8, 4) is 0 Å². The molecule has 1 spiro atoms. The number of rotatable bonds is 11. The summed E-state index contributed by atoms with van der Waals surface area (Å²) >= 11 is 0. The largest absolute Gasteiger partial charge is 0.465 e. The van der Waals surface area contributed by atoms with Gasteiger partial charge in [-0.25, -0.2) is 0 Å². The predicted molar refractivity (Wildman–Crippen MR) is 172 cm³/mol. The summed E-state index contributed by atoms with van der Waals surface area (Å²) in [6, 6.07) is 20.9. The van der Waals surface area contributed by atoms with Gasteiger partial charge in [0.2, 0.25) is 5.91 Å². The maximum atomic E-state index is 15.1. The van der Waals surface area contributed by atoms with Gasteiger partial charge in [0.15, 0.2) is 0 Å². The molecule has 3 heterocycles. The van der Waals surface area contributed by atoms with Crippen molar-refractivity contribution >= 4 is 34.2 Å². The van der Waals surface area contributed by atoms with Crippen molar-refractivity contribution in [2.24, 2.45) is 17.8 Å². The van der Waals surface area contributed by atoms with Gasteiger partial charge in [-0.2, -0.15) is 0 Å². The summed E-state index contributed by atoms with van der Waals surface area (Å²) < 4.78 is 12.6. The Balaban J connectivity index is 1.50. The van der Waals surface area contributed by atoms with E-state index in [0.717, 1.165) is 10.8 Å². The van der Waals surface area contributed by atoms with Crippen molar-refractivity contribution in [3.63, 3.8) is 0 Å². The fraction of sp³-hybridized carbons (Fsp3) is 0.378. The van der Waals surface area contributed by atoms with Gasteiger partial charge in [-0.05, 0) is 54.2 Å². The van der Waals surface area contributed by atoms with Crippen molar-refractivity contribution in [2.45, 2.75) is 50.0 Å². The highest BCUT2D eigenvalue weighted by Gasteiger charge is 2.81. The number of nitrogens with zero attached hydrogens (tertiary/aromatic N) is 2. The number of ether oxygens (including phenoxy) is 2. The first-order valence-corrected chi connectivity index (χ1v) is 15.6. The highest BCUT2D eigenvalue weighted by Crippen LogP contribution is 2.66. The fourth-order valence-electron chi connectivity index (χ4n) is 7.96. The van der Waals surface area contributed by atoms with Gasteiger partial charge in [-0.15, -0.1) is 13.2 Å². The molecular formula is C37H40N2O6. The molecule has 1 N–H and O–H groups in total. The Kier molecular flexibility index (Phi) is 8.14. The molecule has 3 fully saturated rings. The molecule has 0 aromatic heterocycles. The summed E-state index contributed by atoms with van der Waals surface area (Å²) in [6.45, 7) is 11.4. The van der Waals surface area contributed by atoms with Crippen LogP contribution in [0.25, 0.3) is 10.8 Å². The van der Waals surface area contributed by atoms with Crippen molar-refractivity contribution in [3.05, 3.63) is 104 Å². The molecule has 2 amide bonds. The van der Waals surface area contributed by atoms with Gasteiger partial charge in [-0.1, -0.05) is 79.7 Å². The molecule has 45 heavy (non-hydrogen) atoms. The van der Waals surface area contributed by atoms with Crippen LogP contribution in [-0.4, -0.2) is 64.8 Å². The predicted octanol–water partition coefficient (Wildman–Crippen LogP) is 5.22. The number of esters is 1. The average Bonchev–Trinajstić information content (AvgIpc) is 3.57. The molecule has 7 atom stereocenters. The van der Waals surface area contributed by atoms with Crippen LogP contribution in [0.3, 0.4) is 0 Å². The number of benzene rings is 3. The molecule has 3 saturated heterocycles. The van der Waals surface area contributed by atoms with Crippen LogP contribution in [0.5, 0.6) is 0 Å². The molecule has 3 unspecified atom stereocenters. The second-order valence-electron chi connectivity index (χ2n) is 12.6. The SMILES string of the molecule is C=CCCOC(=O)[C@H]1[C@H]2C(=O)N([C@H](CO)c3ccccc3)C(C(=O)N(CC=C)c3ccc4ccccc4c3)C23CC(C)[C@]1(C)O3. The number of carbonyl (C=O) groups is 3. The lowest BCUT2D eigenvalue weighted by molar-refractivity contribution is -0.162. The second kappa shape index (κ2) is 11.9. The van der Waals surface area contributed by atoms with E-state index in [4.69, 9.17) is 9.47 Å². The molecule has 3 aromatic rings. The quantitative estimate of drug-likeness (QED) is 0.182. The van der Waals surface area contributed by atoms with Crippen molar-refractivity contribution in [1.29, 1.82) is 0 Å². The first kappa shape index (κ1) is 30.7. The zero-order valence-electron chi connectivity index (χ0n) is 25.8. The Labute approximate surface area is 263 Å². The Hall–Kier alpha value is -4.27. The van der Waals surface area contributed by atoms with Crippen LogP contribution in [0.1, 0.15) is 38.3 Å². The number of carbonyl (C=O) groups excluding carboxylic acids is 3. The van der Waals surface area contributed by atoms with Gasteiger partial charge in [-0.3, -0.25) is 14.4 Å². The Morgan fingerprint density at radius 1 is 1.09 bits per heavy atom. The average molecular weight is 609 g/mol. The number of hydrogen-bond donors (Lipinski definition) is 1. The van der Waals surface area contributed by atoms with Gasteiger partial charge >= 0.3 is 5.97 Å². The van der Waals surface area contributed by atoms with Crippen LogP contribution in [0.4, 0.5) is 5.69 Å². The smallest absolute Gasteiger partial charge is 0.312 e. The molecule has 0 radical (unpaired) electrons. The summed E-state index contributed by atoms with van der Waals surface area (Å²) in [5.74, 6) is -3.28. The lowest BCUT2D eigenvalue weighted by atomic mass is 9.62. The third-order valence-corrected chi connectivity index (χ3v) is 10.1. The van der Waals surface area contributed by atoms with Crippen LogP contribution in [0, 0.1) is 17.8 Å². The zero-order chi connectivity index (χ0) is 31.9. The third kappa shape index (κ3) is 4.78. The maximum absolute atomic E-state index is 15.1. The number of anilines is 1. The van der Waals surface area contributed by atoms with E-state index in [0.29, 0.717) is 24.1 Å². The van der Waals surface area contributed by atoms with Crippen molar-refractivity contribution in [2.75, 3.05) is 24.7 Å². The normalized spacial score (nSPS) is 29.0. The molecule has 6 rings (SSSR count). The second-order valence-corrected chi connectivity index (χ2v) is 12.6. The van der Waals surface area contributed by atoms with Gasteiger partial charge in [0, 0.05) is 12.2 Å². The number of aliphatic hydroxyl groups excluding tert-OH is 1. The summed E-state index contributed by atoms with van der Waals surface area (Å²) in [4.78, 5) is 46.7. The molecule has 234 valence electrons. The number of likely N-dealkylation sites (tertiary alicyclic amines) is 1. The van der Waals surface area contributed by atoms with E-state index in [1.807, 2.05) is 86.6 Å². The molecule has 3 aliphatic heterocycles. The lowest BCUT2D eigenvalue weighted by Gasteiger charge is -2.39. The first-order valence-electron chi connectivity index (χ1n) is 15.6. The molecule has 8 nitrogen and oxygen atoms in total. The maximum Gasteiger partial charge on any atom is 0.312 e. The molecular weight excluding hydrogens is 568 g/mol. The Morgan fingerprint density at radius 2 is 1.80 bits per heavy atom. The van der Waals surface area contributed by atoms with Crippen LogP contribution in [0.2, 0.25) is 0 Å². The van der Waals surface area contributed by atoms with Crippen molar-refractivity contribution in [1.82, 2.24) is 4.90 Å². The molecule has 3 aromatic carbocycles. The Bertz CT molecular complexity index is 1640. The van der Waals surface area contributed by atoms with Crippen LogP contribution in [0.15, 0.2) is 98.1 Å². The molecule has 0 saturated carbocycles.